The lowest BCUT2D eigenvalue weighted by atomic mass is 10.2. The summed E-state index contributed by atoms with van der Waals surface area (Å²) in [5.74, 6) is -1.15. The fourth-order valence-electron chi connectivity index (χ4n) is 1.61. The third-order valence-corrected chi connectivity index (χ3v) is 4.43. The van der Waals surface area contributed by atoms with Gasteiger partial charge in [-0.3, -0.25) is 0 Å². The molecule has 0 saturated carbocycles. The average Bonchev–Trinajstić information content (AvgIpc) is 2.35. The lowest BCUT2D eigenvalue weighted by molar-refractivity contribution is 0.0696. The van der Waals surface area contributed by atoms with Crippen molar-refractivity contribution in [3.63, 3.8) is 0 Å². The molecule has 0 saturated heterocycles. The molecule has 0 heterocycles. The molecule has 104 valence electrons. The molecule has 0 fully saturated rings. The van der Waals surface area contributed by atoms with Gasteiger partial charge in [0.15, 0.2) is 0 Å². The van der Waals surface area contributed by atoms with Gasteiger partial charge in [0.2, 0.25) is 10.0 Å². The van der Waals surface area contributed by atoms with Gasteiger partial charge < -0.3 is 5.11 Å². The number of sulfonamides is 1. The molecule has 0 bridgehead atoms. The summed E-state index contributed by atoms with van der Waals surface area (Å²) in [6, 6.07) is 5.34. The van der Waals surface area contributed by atoms with E-state index in [4.69, 9.17) is 5.11 Å². The van der Waals surface area contributed by atoms with Crippen molar-refractivity contribution in [1.29, 1.82) is 0 Å². The van der Waals surface area contributed by atoms with Gasteiger partial charge in [-0.25, -0.2) is 13.2 Å². The fourth-order valence-corrected chi connectivity index (χ4v) is 3.16. The van der Waals surface area contributed by atoms with Gasteiger partial charge in [-0.2, -0.15) is 4.31 Å². The van der Waals surface area contributed by atoms with Crippen molar-refractivity contribution in [1.82, 2.24) is 4.31 Å². The minimum absolute atomic E-state index is 0.0181. The predicted molar refractivity (Wildman–Crippen MR) is 72.6 cm³/mol. The fraction of sp³-hybridized carbons (Fsp3) is 0.308. The maximum atomic E-state index is 12.4. The van der Waals surface area contributed by atoms with E-state index >= 15 is 0 Å². The summed E-state index contributed by atoms with van der Waals surface area (Å²) in [7, 11) is -3.69. The Labute approximate surface area is 113 Å². The third-order valence-electron chi connectivity index (χ3n) is 2.52. The molecular weight excluding hydrogens is 266 g/mol. The van der Waals surface area contributed by atoms with Gasteiger partial charge in [0, 0.05) is 13.1 Å². The normalized spacial score (nSPS) is 11.5. The highest BCUT2D eigenvalue weighted by atomic mass is 32.2. The molecule has 6 heteroatoms. The quantitative estimate of drug-likeness (QED) is 0.810. The van der Waals surface area contributed by atoms with Gasteiger partial charge in [-0.05, 0) is 25.1 Å². The lowest BCUT2D eigenvalue weighted by Gasteiger charge is -2.20. The summed E-state index contributed by atoms with van der Waals surface area (Å²) in [6.07, 6.45) is 0. The van der Waals surface area contributed by atoms with Crippen LogP contribution in [0.5, 0.6) is 0 Å². The van der Waals surface area contributed by atoms with Gasteiger partial charge in [0.25, 0.3) is 0 Å². The van der Waals surface area contributed by atoms with Gasteiger partial charge in [-0.1, -0.05) is 25.1 Å². The van der Waals surface area contributed by atoms with Crippen LogP contribution in [-0.2, 0) is 10.0 Å². The Hall–Kier alpha value is -1.66. The summed E-state index contributed by atoms with van der Waals surface area (Å²) in [5.41, 5.74) is 0.673. The van der Waals surface area contributed by atoms with E-state index in [2.05, 4.69) is 6.58 Å². The summed E-state index contributed by atoms with van der Waals surface area (Å²) >= 11 is 0. The van der Waals surface area contributed by atoms with Crippen molar-refractivity contribution in [3.8, 4) is 0 Å². The first kappa shape index (κ1) is 15.4. The molecule has 0 amide bonds. The zero-order chi connectivity index (χ0) is 14.6. The van der Waals surface area contributed by atoms with Crippen molar-refractivity contribution in [2.75, 3.05) is 13.1 Å². The van der Waals surface area contributed by atoms with Crippen molar-refractivity contribution >= 4 is 16.0 Å². The Bertz CT molecular complexity index is 592. The summed E-state index contributed by atoms with van der Waals surface area (Å²) in [4.78, 5) is 10.9. The second kappa shape index (κ2) is 5.99. The number of carboxylic acids is 1. The van der Waals surface area contributed by atoms with Crippen molar-refractivity contribution < 1.29 is 18.3 Å². The van der Waals surface area contributed by atoms with Crippen LogP contribution in [-0.4, -0.2) is 36.9 Å². The number of benzene rings is 1. The predicted octanol–water partition coefficient (Wildman–Crippen LogP) is 1.97. The first-order chi connectivity index (χ1) is 8.78. The number of likely N-dealkylation sites (N-methyl/N-ethyl adjacent to an activating group) is 1. The van der Waals surface area contributed by atoms with E-state index in [0.717, 1.165) is 5.57 Å². The summed E-state index contributed by atoms with van der Waals surface area (Å²) in [6.45, 7) is 7.68. The van der Waals surface area contributed by atoms with Crippen LogP contribution < -0.4 is 0 Å². The molecule has 0 atom stereocenters. The number of hydrogen-bond acceptors (Lipinski definition) is 3. The molecule has 1 rings (SSSR count). The van der Waals surface area contributed by atoms with Crippen LogP contribution in [0.3, 0.4) is 0 Å². The number of carbonyl (C=O) groups is 1. The lowest BCUT2D eigenvalue weighted by Crippen LogP contribution is -2.32. The van der Waals surface area contributed by atoms with Crippen molar-refractivity contribution in [2.24, 2.45) is 0 Å². The van der Waals surface area contributed by atoms with E-state index in [0.29, 0.717) is 6.54 Å². The zero-order valence-corrected chi connectivity index (χ0v) is 11.8. The maximum Gasteiger partial charge on any atom is 0.335 e. The maximum absolute atomic E-state index is 12.4. The number of rotatable bonds is 6. The number of aromatic carboxylic acids is 1. The number of nitrogens with zero attached hydrogens (tertiary/aromatic N) is 1. The van der Waals surface area contributed by atoms with Crippen LogP contribution in [0, 0.1) is 0 Å². The third kappa shape index (κ3) is 3.65. The molecule has 1 aromatic carbocycles. The molecule has 1 aromatic rings. The smallest absolute Gasteiger partial charge is 0.335 e. The first-order valence-electron chi connectivity index (χ1n) is 5.77. The standard InChI is InChI=1S/C13H17NO4S/c1-4-14(9-10(2)3)19(17,18)12-7-5-6-11(8-12)13(15)16/h5-8H,2,4,9H2,1,3H3,(H,15,16). The molecule has 1 N–H and O–H groups in total. The average molecular weight is 283 g/mol. The topological polar surface area (TPSA) is 74.7 Å². The minimum Gasteiger partial charge on any atom is -0.478 e. The van der Waals surface area contributed by atoms with Gasteiger partial charge in [-0.15, -0.1) is 0 Å². The van der Waals surface area contributed by atoms with E-state index < -0.39 is 16.0 Å². The van der Waals surface area contributed by atoms with E-state index in [1.807, 2.05) is 0 Å². The van der Waals surface area contributed by atoms with E-state index in [9.17, 15) is 13.2 Å². The van der Waals surface area contributed by atoms with Crippen molar-refractivity contribution in [2.45, 2.75) is 18.7 Å². The molecule has 0 aliphatic rings. The molecule has 19 heavy (non-hydrogen) atoms. The number of carboxylic acid groups (broad SMARTS) is 1. The summed E-state index contributed by atoms with van der Waals surface area (Å²) < 4.78 is 26.0. The molecule has 0 aliphatic heterocycles. The molecular formula is C13H17NO4S. The van der Waals surface area contributed by atoms with E-state index in [-0.39, 0.29) is 17.0 Å². The molecule has 0 spiro atoms. The molecule has 0 aromatic heterocycles. The molecule has 0 radical (unpaired) electrons. The van der Waals surface area contributed by atoms with E-state index in [1.165, 1.54) is 28.6 Å². The molecule has 5 nitrogen and oxygen atoms in total. The van der Waals surface area contributed by atoms with Crippen LogP contribution in [0.1, 0.15) is 24.2 Å². The summed E-state index contributed by atoms with van der Waals surface area (Å²) in [5, 5.41) is 8.89. The Morgan fingerprint density at radius 3 is 2.53 bits per heavy atom. The monoisotopic (exact) mass is 283 g/mol. The minimum atomic E-state index is -3.69. The Kier molecular flexibility index (Phi) is 4.85. The highest BCUT2D eigenvalue weighted by Gasteiger charge is 2.23. The zero-order valence-electron chi connectivity index (χ0n) is 11.0. The SMILES string of the molecule is C=C(C)CN(CC)S(=O)(=O)c1cccc(C(=O)O)c1. The second-order valence-electron chi connectivity index (χ2n) is 4.22. The van der Waals surface area contributed by atoms with Gasteiger partial charge >= 0.3 is 5.97 Å². The Balaban J connectivity index is 3.21. The Morgan fingerprint density at radius 1 is 1.42 bits per heavy atom. The van der Waals surface area contributed by atoms with Gasteiger partial charge in [0.1, 0.15) is 0 Å². The second-order valence-corrected chi connectivity index (χ2v) is 6.16. The largest absolute Gasteiger partial charge is 0.478 e. The molecule has 0 aliphatic carbocycles. The Morgan fingerprint density at radius 2 is 2.05 bits per heavy atom. The van der Waals surface area contributed by atoms with E-state index in [1.54, 1.807) is 13.8 Å². The van der Waals surface area contributed by atoms with Crippen LogP contribution >= 0.6 is 0 Å². The first-order valence-corrected chi connectivity index (χ1v) is 7.21. The van der Waals surface area contributed by atoms with Crippen LogP contribution in [0.4, 0.5) is 0 Å². The van der Waals surface area contributed by atoms with Crippen LogP contribution in [0.25, 0.3) is 0 Å². The number of hydrogen-bond donors (Lipinski definition) is 1. The van der Waals surface area contributed by atoms with Gasteiger partial charge in [0.05, 0.1) is 10.5 Å². The van der Waals surface area contributed by atoms with Crippen LogP contribution in [0.2, 0.25) is 0 Å². The highest BCUT2D eigenvalue weighted by Crippen LogP contribution is 2.18. The molecule has 0 unspecified atom stereocenters. The van der Waals surface area contributed by atoms with Crippen molar-refractivity contribution in [3.05, 3.63) is 42.0 Å². The highest BCUT2D eigenvalue weighted by molar-refractivity contribution is 7.89. The van der Waals surface area contributed by atoms with Crippen LogP contribution in [0.15, 0.2) is 41.3 Å².